The first-order valence-corrected chi connectivity index (χ1v) is 21.9. The van der Waals surface area contributed by atoms with Gasteiger partial charge in [0, 0.05) is 22.0 Å². The Morgan fingerprint density at radius 3 is 0.684 bits per heavy atom. The molecule has 0 atom stereocenters. The number of nitrogens with zero attached hydrogens (tertiary/aromatic N) is 2. The van der Waals surface area contributed by atoms with Crippen molar-refractivity contribution in [3.8, 4) is 0 Å². The quantitative estimate of drug-likeness (QED) is 0.0444. The summed E-state index contributed by atoms with van der Waals surface area (Å²) in [6.07, 6.45) is -54.8. The van der Waals surface area contributed by atoms with Gasteiger partial charge in [-0.25, -0.2) is 0 Å². The van der Waals surface area contributed by atoms with E-state index in [1.165, 1.54) is 0 Å². The molecule has 0 unspecified atom stereocenters. The van der Waals surface area contributed by atoms with E-state index in [0.29, 0.717) is 7.53 Å². The summed E-state index contributed by atoms with van der Waals surface area (Å²) in [6.45, 7) is -0.705. The monoisotopic (exact) mass is 1240 g/mol. The summed E-state index contributed by atoms with van der Waals surface area (Å²) in [5, 5.41) is 20.6. The molecule has 0 spiro atoms. The lowest BCUT2D eigenvalue weighted by atomic mass is 9.12. The van der Waals surface area contributed by atoms with Crippen LogP contribution in [0.2, 0.25) is 0 Å². The molecule has 0 aliphatic heterocycles. The fourth-order valence-electron chi connectivity index (χ4n) is 7.39. The summed E-state index contributed by atoms with van der Waals surface area (Å²) in [4.78, 5) is 19.7. The maximum absolute atomic E-state index is 14.2. The van der Waals surface area contributed by atoms with Gasteiger partial charge >= 0.3 is 78.1 Å². The standard InChI is InChI=1S/C32H12BF24.C10H8IN2O6/c34-25(35,36)13-1-14(26(37,38)39)6-21(5-13)33(22-7-15(27(40,41)42)2-16(8-22)28(43,44)45,23-9-17(29(46,47)48)3-18(10-23)30(49,50)51)24-11-19(31(52,53)54)4-20(12-24)32(55,56)57;14-12(15)5-7-1-3-9(18-7)11-10-4-2-8(19-10)6-13(16)17/h1-12H;1-4H,5-6H2/q-1;+1. The Hall–Kier alpha value is -6.65. The van der Waals surface area contributed by atoms with E-state index in [2.05, 4.69) is 0 Å². The van der Waals surface area contributed by atoms with Crippen LogP contribution in [0.3, 0.4) is 0 Å². The average molecular weight is 1240 g/mol. The van der Waals surface area contributed by atoms with Gasteiger partial charge in [-0.2, -0.15) is 127 Å². The number of hydrogen-bond acceptors (Lipinski definition) is 6. The third-order valence-corrected chi connectivity index (χ3v) is 12.7. The van der Waals surface area contributed by atoms with Crippen LogP contribution in [0, 0.1) is 27.8 Å². The zero-order valence-corrected chi connectivity index (χ0v) is 38.2. The molecule has 6 aromatic rings. The zero-order chi connectivity index (χ0) is 57.7. The Balaban J connectivity index is 0.000000468. The number of benzene rings is 4. The van der Waals surface area contributed by atoms with Crippen molar-refractivity contribution >= 4 is 28.0 Å². The van der Waals surface area contributed by atoms with Crippen LogP contribution in [-0.4, -0.2) is 16.0 Å². The highest BCUT2D eigenvalue weighted by molar-refractivity contribution is 7.20. The van der Waals surface area contributed by atoms with E-state index in [1.54, 1.807) is 24.3 Å². The van der Waals surface area contributed by atoms with E-state index in [1.807, 2.05) is 0 Å². The second kappa shape index (κ2) is 20.7. The van der Waals surface area contributed by atoms with E-state index >= 15 is 0 Å². The molecule has 0 aliphatic carbocycles. The van der Waals surface area contributed by atoms with E-state index in [0.717, 1.165) is 0 Å². The van der Waals surface area contributed by atoms with Crippen LogP contribution in [-0.2, 0) is 62.5 Å². The van der Waals surface area contributed by atoms with Crippen molar-refractivity contribution in [1.29, 1.82) is 0 Å². The molecule has 4 aromatic carbocycles. The number of nitro groups is 2. The molecule has 2 heterocycles. The topological polar surface area (TPSA) is 113 Å². The summed E-state index contributed by atoms with van der Waals surface area (Å²) < 4.78 is 353. The van der Waals surface area contributed by atoms with Crippen LogP contribution in [0.1, 0.15) is 56.0 Å². The van der Waals surface area contributed by atoms with Crippen LogP contribution >= 0.6 is 0 Å². The molecule has 0 aliphatic rings. The molecule has 2 aromatic heterocycles. The summed E-state index contributed by atoms with van der Waals surface area (Å²) in [6, 6.07) is -2.36. The number of furan rings is 2. The molecule has 0 amide bonds. The molecule has 6 rings (SSSR count). The van der Waals surface area contributed by atoms with Gasteiger partial charge in [0.2, 0.25) is 0 Å². The Kier molecular flexibility index (Phi) is 16.4. The van der Waals surface area contributed by atoms with Crippen molar-refractivity contribution in [2.24, 2.45) is 0 Å². The summed E-state index contributed by atoms with van der Waals surface area (Å²) in [5.41, 5.74) is -30.2. The lowest BCUT2D eigenvalue weighted by Gasteiger charge is -2.46. The normalized spacial score (nSPS) is 13.4. The van der Waals surface area contributed by atoms with Crippen molar-refractivity contribution in [2.75, 3.05) is 0 Å². The van der Waals surface area contributed by atoms with Crippen molar-refractivity contribution in [1.82, 2.24) is 0 Å². The predicted molar refractivity (Wildman–Crippen MR) is 206 cm³/mol. The van der Waals surface area contributed by atoms with Crippen LogP contribution in [0.15, 0.2) is 106 Å². The minimum Gasteiger partial charge on any atom is -0.416 e. The second-order valence-corrected chi connectivity index (χ2v) is 18.4. The fourth-order valence-corrected chi connectivity index (χ4v) is 9.42. The third-order valence-electron chi connectivity index (χ3n) is 10.5. The molecule has 0 saturated carbocycles. The van der Waals surface area contributed by atoms with E-state index in [9.17, 15) is 126 Å². The first-order chi connectivity index (χ1) is 34.3. The Labute approximate surface area is 415 Å². The predicted octanol–water partition coefficient (Wildman–Crippen LogP) is 9.77. The molecule has 0 bridgehead atoms. The highest BCUT2D eigenvalue weighted by atomic mass is 127. The Bertz CT molecular complexity index is 2620. The first kappa shape index (κ1) is 60.2. The maximum atomic E-state index is 14.2. The highest BCUT2D eigenvalue weighted by Crippen LogP contribution is 2.41. The molecule has 0 N–H and O–H groups in total. The van der Waals surface area contributed by atoms with Crippen molar-refractivity contribution in [3.05, 3.63) is 181 Å². The van der Waals surface area contributed by atoms with Gasteiger partial charge in [0.15, 0.2) is 11.5 Å². The lowest BCUT2D eigenvalue weighted by Crippen LogP contribution is -3.61. The summed E-state index contributed by atoms with van der Waals surface area (Å²) in [7, 11) is 0. The molecule has 412 valence electrons. The number of hydrogen-bond donors (Lipinski definition) is 0. The smallest absolute Gasteiger partial charge is 0.416 e. The SMILES string of the molecule is FC(F)(F)c1cc([B-](c2cc(C(F)(F)F)cc(C(F)(F)F)c2)(c2cc(C(F)(F)F)cc(C(F)(F)F)c2)c2cc(C(F)(F)F)cc(C(F)(F)F)c2)cc(C(F)(F)F)c1.O=[N+]([O-])Cc1ccc([I+]c2ccc(C[N+](=O)[O-])o2)o1. The van der Waals surface area contributed by atoms with Gasteiger partial charge in [-0.15, -0.1) is 0 Å². The molecule has 0 saturated heterocycles. The van der Waals surface area contributed by atoms with Crippen molar-refractivity contribution < 1.29 is 145 Å². The van der Waals surface area contributed by atoms with E-state index in [-0.39, 0.29) is 24.6 Å². The van der Waals surface area contributed by atoms with Crippen LogP contribution in [0.4, 0.5) is 105 Å². The first-order valence-electron chi connectivity index (χ1n) is 19.7. The largest absolute Gasteiger partial charge is 0.443 e. The molecular formula is C42H20BF24IN2O6. The van der Waals surface area contributed by atoms with Gasteiger partial charge in [0.05, 0.1) is 44.5 Å². The van der Waals surface area contributed by atoms with Gasteiger partial charge in [0.25, 0.3) is 13.1 Å². The average Bonchev–Trinajstić information content (AvgIpc) is 3.89. The zero-order valence-electron chi connectivity index (χ0n) is 36.0. The molecule has 0 radical (unpaired) electrons. The summed E-state index contributed by atoms with van der Waals surface area (Å²) >= 11 is -0.760. The van der Waals surface area contributed by atoms with Crippen molar-refractivity contribution in [2.45, 2.75) is 62.5 Å². The Morgan fingerprint density at radius 2 is 0.526 bits per heavy atom. The van der Waals surface area contributed by atoms with Crippen molar-refractivity contribution in [3.63, 3.8) is 0 Å². The van der Waals surface area contributed by atoms with Gasteiger partial charge in [-0.1, -0.05) is 48.5 Å². The van der Waals surface area contributed by atoms with Crippen LogP contribution in [0.5, 0.6) is 0 Å². The molecule has 76 heavy (non-hydrogen) atoms. The molecule has 8 nitrogen and oxygen atoms in total. The van der Waals surface area contributed by atoms with Gasteiger partial charge in [-0.3, -0.25) is 20.2 Å². The van der Waals surface area contributed by atoms with Gasteiger partial charge in [-0.05, 0) is 36.4 Å². The molecular weight excluding hydrogens is 1220 g/mol. The third kappa shape index (κ3) is 14.4. The van der Waals surface area contributed by atoms with E-state index < -0.39 is 226 Å². The minimum atomic E-state index is -6.13. The fraction of sp³-hybridized carbons (Fsp3) is 0.238. The van der Waals surface area contributed by atoms with Crippen LogP contribution in [0.25, 0.3) is 0 Å². The Morgan fingerprint density at radius 1 is 0.342 bits per heavy atom. The molecule has 34 heteroatoms. The van der Waals surface area contributed by atoms with Crippen LogP contribution < -0.4 is 43.1 Å². The number of halogens is 25. The number of alkyl halides is 24. The second-order valence-electron chi connectivity index (χ2n) is 15.7. The summed E-state index contributed by atoms with van der Waals surface area (Å²) in [5.74, 6) is 0.577. The maximum Gasteiger partial charge on any atom is 0.443 e. The highest BCUT2D eigenvalue weighted by Gasteiger charge is 2.47. The molecule has 0 fully saturated rings. The number of rotatable bonds is 10. The van der Waals surface area contributed by atoms with Gasteiger partial charge in [0.1, 0.15) is 6.15 Å². The van der Waals surface area contributed by atoms with Gasteiger partial charge < -0.3 is 8.83 Å². The lowest BCUT2D eigenvalue weighted by molar-refractivity contribution is -0.637. The minimum absolute atomic E-state index is 0.289. The van der Waals surface area contributed by atoms with E-state index in [4.69, 9.17) is 8.83 Å².